The van der Waals surface area contributed by atoms with Crippen LogP contribution < -0.4 is 20.7 Å². The van der Waals surface area contributed by atoms with Crippen LogP contribution in [0.1, 0.15) is 10.9 Å². The summed E-state index contributed by atoms with van der Waals surface area (Å²) in [6, 6.07) is 5.71. The number of carbonyl (C=O) groups is 4. The molecule has 4 amide bonds. The minimum Gasteiger partial charge on any atom is -0.618 e. The predicted molar refractivity (Wildman–Crippen MR) is 136 cm³/mol. The van der Waals surface area contributed by atoms with E-state index in [1.54, 1.807) is 35.7 Å². The van der Waals surface area contributed by atoms with Gasteiger partial charge in [-0.3, -0.25) is 14.5 Å². The van der Waals surface area contributed by atoms with Gasteiger partial charge in [0.05, 0.1) is 0 Å². The van der Waals surface area contributed by atoms with E-state index in [4.69, 9.17) is 4.74 Å². The number of rotatable bonds is 10. The minimum atomic E-state index is -1.25. The quantitative estimate of drug-likeness (QED) is 0.108. The summed E-state index contributed by atoms with van der Waals surface area (Å²) < 4.78 is 5.50. The van der Waals surface area contributed by atoms with Crippen molar-refractivity contribution < 1.29 is 33.8 Å². The summed E-state index contributed by atoms with van der Waals surface area (Å²) in [6.45, 7) is -0.0522. The maximum absolute atomic E-state index is 13.1. The van der Waals surface area contributed by atoms with Gasteiger partial charge in [0, 0.05) is 35.6 Å². The van der Waals surface area contributed by atoms with E-state index in [1.807, 2.05) is 0 Å². The van der Waals surface area contributed by atoms with Crippen molar-refractivity contribution in [2.45, 2.75) is 22.5 Å². The molecule has 2 unspecified atom stereocenters. The number of methoxy groups -OCH3 is 1. The number of aliphatic carboxylic acids is 1. The van der Waals surface area contributed by atoms with Gasteiger partial charge in [-0.15, -0.1) is 23.1 Å². The molecule has 1 saturated heterocycles. The van der Waals surface area contributed by atoms with Crippen LogP contribution in [-0.4, -0.2) is 70.6 Å². The van der Waals surface area contributed by atoms with Crippen molar-refractivity contribution in [2.24, 2.45) is 0 Å². The number of amides is 4. The van der Waals surface area contributed by atoms with Crippen LogP contribution in [0.2, 0.25) is 0 Å². The van der Waals surface area contributed by atoms with Crippen molar-refractivity contribution in [1.82, 2.24) is 20.9 Å². The summed E-state index contributed by atoms with van der Waals surface area (Å²) in [5.41, 5.74) is 0.376. The summed E-state index contributed by atoms with van der Waals surface area (Å²) in [6.07, 6.45) is 1.35. The van der Waals surface area contributed by atoms with E-state index in [0.29, 0.717) is 26.0 Å². The van der Waals surface area contributed by atoms with E-state index in [-0.39, 0.29) is 18.2 Å². The van der Waals surface area contributed by atoms with E-state index >= 15 is 0 Å². The number of carboxylic acids is 1. The lowest BCUT2D eigenvalue weighted by molar-refractivity contribution is -0.645. The third-order valence-electron chi connectivity index (χ3n) is 5.47. The molecule has 2 aliphatic rings. The van der Waals surface area contributed by atoms with Gasteiger partial charge in [-0.05, 0) is 23.1 Å². The van der Waals surface area contributed by atoms with Crippen LogP contribution in [0.5, 0.6) is 0 Å². The molecule has 0 saturated carbocycles. The topological polar surface area (TPSA) is 164 Å². The number of fused-ring (bicyclic) bond motifs is 1. The van der Waals surface area contributed by atoms with Crippen molar-refractivity contribution in [3.05, 3.63) is 63.3 Å². The molecule has 4 N–H and O–H groups in total. The normalized spacial score (nSPS) is 19.5. The molecule has 0 bridgehead atoms. The molecule has 0 spiro atoms. The molecule has 15 heteroatoms. The Balaban J connectivity index is 1.46. The number of thioether (sulfide) groups is 2. The molecule has 3 atom stereocenters. The van der Waals surface area contributed by atoms with Crippen molar-refractivity contribution in [1.29, 1.82) is 0 Å². The van der Waals surface area contributed by atoms with Gasteiger partial charge in [0.15, 0.2) is 6.20 Å². The Morgan fingerprint density at radius 1 is 1.32 bits per heavy atom. The summed E-state index contributed by atoms with van der Waals surface area (Å²) in [5.74, 6) is -1.88. The highest BCUT2D eigenvalue weighted by atomic mass is 32.2. The number of nitrogens with one attached hydrogen (secondary N) is 3. The first-order valence-electron chi connectivity index (χ1n) is 10.9. The van der Waals surface area contributed by atoms with Crippen LogP contribution in [0, 0.1) is 5.21 Å². The Bertz CT molecular complexity index is 1220. The van der Waals surface area contributed by atoms with E-state index < -0.39 is 41.3 Å². The molecule has 1 fully saturated rings. The first-order chi connectivity index (χ1) is 17.8. The van der Waals surface area contributed by atoms with E-state index in [1.165, 1.54) is 53.1 Å². The zero-order valence-corrected chi connectivity index (χ0v) is 21.9. The summed E-state index contributed by atoms with van der Waals surface area (Å²) in [4.78, 5) is 52.1. The maximum Gasteiger partial charge on any atom is 0.352 e. The van der Waals surface area contributed by atoms with Crippen molar-refractivity contribution >= 4 is 58.7 Å². The molecule has 4 heterocycles. The monoisotopic (exact) mass is 565 g/mol. The van der Waals surface area contributed by atoms with Gasteiger partial charge in [-0.25, -0.2) is 9.59 Å². The maximum atomic E-state index is 13.1. The minimum absolute atomic E-state index is 0.0522. The standard InChI is InChI=1S/C22H23N5O7S3/c1-34-11-23-22(32)25-15(13-5-4-8-35-13)18(28)24-16-19(29)27-17(21(30)31)12(10-37-20(16)27)9-36-14-6-2-3-7-26(14)33/h2-8,15-16,20H,9-11H2,1H3,(H,24,28)(H,30,31)(H2,23,25,32)/t15?,16-,20?/m0/s1. The Labute approximate surface area is 224 Å². The third kappa shape index (κ3) is 5.84. The number of aromatic nitrogens is 1. The lowest BCUT2D eigenvalue weighted by Crippen LogP contribution is -2.71. The Morgan fingerprint density at radius 3 is 2.81 bits per heavy atom. The van der Waals surface area contributed by atoms with Gasteiger partial charge < -0.3 is 31.0 Å². The lowest BCUT2D eigenvalue weighted by Gasteiger charge is -2.49. The fraction of sp³-hybridized carbons (Fsp3) is 0.318. The Kier molecular flexibility index (Phi) is 8.58. The van der Waals surface area contributed by atoms with Crippen LogP contribution in [-0.2, 0) is 19.1 Å². The second kappa shape index (κ2) is 11.9. The van der Waals surface area contributed by atoms with Crippen molar-refractivity contribution in [3.63, 3.8) is 0 Å². The average molecular weight is 566 g/mol. The zero-order chi connectivity index (χ0) is 26.5. The van der Waals surface area contributed by atoms with Gasteiger partial charge in [0.1, 0.15) is 29.9 Å². The fourth-order valence-electron chi connectivity index (χ4n) is 3.76. The third-order valence-corrected chi connectivity index (χ3v) is 8.85. The molecule has 2 aliphatic heterocycles. The smallest absolute Gasteiger partial charge is 0.352 e. The summed E-state index contributed by atoms with van der Waals surface area (Å²) in [7, 11) is 1.41. The number of hydrogen-bond donors (Lipinski definition) is 4. The molecule has 2 aromatic rings. The van der Waals surface area contributed by atoms with Gasteiger partial charge >= 0.3 is 12.0 Å². The van der Waals surface area contributed by atoms with Gasteiger partial charge in [0.2, 0.25) is 5.91 Å². The number of thiophene rings is 1. The van der Waals surface area contributed by atoms with Gasteiger partial charge in [-0.2, -0.15) is 4.73 Å². The number of nitrogens with zero attached hydrogens (tertiary/aromatic N) is 2. The van der Waals surface area contributed by atoms with Crippen LogP contribution in [0.25, 0.3) is 0 Å². The molecule has 37 heavy (non-hydrogen) atoms. The van der Waals surface area contributed by atoms with E-state index in [2.05, 4.69) is 16.0 Å². The SMILES string of the molecule is COCNC(=O)NC(C(=O)N[C@H]1C(=O)N2C(C(=O)O)=C(CSc3cccc[n+]3[O-])CSC12)c1cccs1. The number of urea groups is 1. The predicted octanol–water partition coefficient (Wildman–Crippen LogP) is 0.857. The number of pyridine rings is 1. The van der Waals surface area contributed by atoms with Crippen LogP contribution in [0.4, 0.5) is 4.79 Å². The molecule has 0 aliphatic carbocycles. The van der Waals surface area contributed by atoms with Crippen LogP contribution >= 0.6 is 34.9 Å². The van der Waals surface area contributed by atoms with Crippen molar-refractivity contribution in [3.8, 4) is 0 Å². The van der Waals surface area contributed by atoms with Crippen LogP contribution in [0.3, 0.4) is 0 Å². The van der Waals surface area contributed by atoms with E-state index in [9.17, 15) is 29.5 Å². The summed E-state index contributed by atoms with van der Waals surface area (Å²) in [5, 5.41) is 31.0. The first-order valence-corrected chi connectivity index (χ1v) is 13.8. The average Bonchev–Trinajstić information content (AvgIpc) is 3.42. The molecule has 0 aromatic carbocycles. The fourth-order valence-corrected chi connectivity index (χ4v) is 6.93. The second-order valence-corrected chi connectivity index (χ2v) is 10.9. The number of ether oxygens (including phenoxy) is 1. The largest absolute Gasteiger partial charge is 0.618 e. The lowest BCUT2D eigenvalue weighted by atomic mass is 10.0. The highest BCUT2D eigenvalue weighted by molar-refractivity contribution is 8.01. The number of carboxylic acid groups (broad SMARTS) is 1. The summed E-state index contributed by atoms with van der Waals surface area (Å²) >= 11 is 3.77. The highest BCUT2D eigenvalue weighted by Crippen LogP contribution is 2.41. The number of carbonyl (C=O) groups excluding carboxylic acids is 3. The Morgan fingerprint density at radius 2 is 2.14 bits per heavy atom. The second-order valence-electron chi connectivity index (χ2n) is 7.84. The number of hydrogen-bond acceptors (Lipinski definition) is 9. The van der Waals surface area contributed by atoms with Crippen molar-refractivity contribution in [2.75, 3.05) is 25.3 Å². The molecule has 0 radical (unpaired) electrons. The molecular formula is C22H23N5O7S3. The van der Waals surface area contributed by atoms with E-state index in [0.717, 1.165) is 0 Å². The highest BCUT2D eigenvalue weighted by Gasteiger charge is 2.54. The number of β-lactam (4-membered cyclic amide) rings is 1. The molecule has 196 valence electrons. The van der Waals surface area contributed by atoms with Gasteiger partial charge in [-0.1, -0.05) is 17.8 Å². The zero-order valence-electron chi connectivity index (χ0n) is 19.4. The molecular weight excluding hydrogens is 542 g/mol. The van der Waals surface area contributed by atoms with Crippen LogP contribution in [0.15, 0.2) is 58.2 Å². The molecule has 2 aromatic heterocycles. The van der Waals surface area contributed by atoms with Gasteiger partial charge in [0.25, 0.3) is 10.9 Å². The molecule has 12 nitrogen and oxygen atoms in total. The first kappa shape index (κ1) is 26.8. The molecule has 4 rings (SSSR count). The Hall–Kier alpha value is -3.27.